The van der Waals surface area contributed by atoms with Crippen molar-refractivity contribution < 1.29 is 18.3 Å². The van der Waals surface area contributed by atoms with Gasteiger partial charge in [0.25, 0.3) is 5.91 Å². The van der Waals surface area contributed by atoms with Crippen LogP contribution in [0.3, 0.4) is 0 Å². The second-order valence-electron chi connectivity index (χ2n) is 5.28. The summed E-state index contributed by atoms with van der Waals surface area (Å²) in [5.74, 6) is 2.79. The minimum atomic E-state index is -0.901. The molecule has 0 aromatic heterocycles. The van der Waals surface area contributed by atoms with Crippen molar-refractivity contribution in [1.29, 1.82) is 0 Å². The normalized spacial score (nSPS) is 17.9. The first-order valence-electron chi connectivity index (χ1n) is 6.22. The number of nitrogens with one attached hydrogen (secondary N) is 1. The quantitative estimate of drug-likeness (QED) is 0.638. The van der Waals surface area contributed by atoms with E-state index < -0.39 is 28.8 Å². The molecular weight excluding hydrogens is 268 g/mol. The predicted octanol–water partition coefficient (Wildman–Crippen LogP) is 1.50. The van der Waals surface area contributed by atoms with Crippen LogP contribution in [0.4, 0.5) is 14.5 Å². The Hall–Kier alpha value is -1.73. The molecule has 2 rings (SSSR count). The molecule has 1 aliphatic heterocycles. The molecule has 1 amide bonds. The Labute approximate surface area is 115 Å². The van der Waals surface area contributed by atoms with E-state index in [4.69, 9.17) is 10.6 Å². The van der Waals surface area contributed by atoms with Gasteiger partial charge < -0.3 is 15.1 Å². The number of morpholine rings is 1. The molecule has 20 heavy (non-hydrogen) atoms. The second kappa shape index (κ2) is 5.34. The number of ether oxygens (including phenoxy) is 1. The molecule has 0 spiro atoms. The first-order chi connectivity index (χ1) is 9.36. The summed E-state index contributed by atoms with van der Waals surface area (Å²) in [4.78, 5) is 14.0. The van der Waals surface area contributed by atoms with E-state index in [1.807, 2.05) is 19.3 Å². The first kappa shape index (κ1) is 14.7. The molecule has 0 radical (unpaired) electrons. The molecule has 0 aliphatic carbocycles. The van der Waals surface area contributed by atoms with Gasteiger partial charge in [0.1, 0.15) is 5.69 Å². The first-order valence-corrected chi connectivity index (χ1v) is 6.22. The molecule has 1 aromatic rings. The fraction of sp³-hybridized carbons (Fsp3) is 0.462. The number of nitrogens with two attached hydrogens (primary N) is 1. The monoisotopic (exact) mass is 285 g/mol. The van der Waals surface area contributed by atoms with Crippen molar-refractivity contribution in [1.82, 2.24) is 4.90 Å². The third-order valence-corrected chi connectivity index (χ3v) is 3.32. The highest BCUT2D eigenvalue weighted by Gasteiger charge is 2.35. The van der Waals surface area contributed by atoms with Crippen molar-refractivity contribution in [3.05, 3.63) is 29.3 Å². The van der Waals surface area contributed by atoms with E-state index in [-0.39, 0.29) is 5.56 Å². The molecule has 1 fully saturated rings. The molecule has 1 saturated heterocycles. The lowest BCUT2D eigenvalue weighted by atomic mass is 10.0. The van der Waals surface area contributed by atoms with E-state index in [9.17, 15) is 13.6 Å². The number of hydrogen-bond donors (Lipinski definition) is 2. The van der Waals surface area contributed by atoms with Gasteiger partial charge in [-0.05, 0) is 26.0 Å². The number of carbonyl (C=O) groups excluding carboxylic acids is 1. The molecule has 0 atom stereocenters. The van der Waals surface area contributed by atoms with E-state index >= 15 is 0 Å². The Kier molecular flexibility index (Phi) is 3.92. The number of halogens is 2. The summed E-state index contributed by atoms with van der Waals surface area (Å²) in [7, 11) is 0. The summed E-state index contributed by atoms with van der Waals surface area (Å²) >= 11 is 0. The molecule has 0 bridgehead atoms. The summed E-state index contributed by atoms with van der Waals surface area (Å²) in [6.07, 6.45) is 0. The van der Waals surface area contributed by atoms with Crippen LogP contribution in [0.25, 0.3) is 0 Å². The van der Waals surface area contributed by atoms with Gasteiger partial charge in [-0.3, -0.25) is 10.6 Å². The van der Waals surface area contributed by atoms with Crippen molar-refractivity contribution in [2.45, 2.75) is 19.4 Å². The van der Waals surface area contributed by atoms with Crippen LogP contribution < -0.4 is 11.3 Å². The number of benzene rings is 1. The molecular formula is C13H17F2N3O2. The highest BCUT2D eigenvalue weighted by atomic mass is 19.1. The van der Waals surface area contributed by atoms with Crippen molar-refractivity contribution in [2.75, 3.05) is 25.2 Å². The van der Waals surface area contributed by atoms with Crippen LogP contribution in [0.15, 0.2) is 12.1 Å². The topological polar surface area (TPSA) is 67.6 Å². The lowest BCUT2D eigenvalue weighted by molar-refractivity contribution is -0.0371. The zero-order valence-corrected chi connectivity index (χ0v) is 11.4. The minimum absolute atomic E-state index is 0.0472. The van der Waals surface area contributed by atoms with Gasteiger partial charge in [-0.25, -0.2) is 8.78 Å². The third-order valence-electron chi connectivity index (χ3n) is 3.32. The third kappa shape index (κ3) is 2.59. The number of hydrazine groups is 1. The van der Waals surface area contributed by atoms with E-state index in [2.05, 4.69) is 0 Å². The summed E-state index contributed by atoms with van der Waals surface area (Å²) in [6, 6.07) is 1.96. The average molecular weight is 285 g/mol. The number of nitrogen functional groups attached to an aromatic ring is 1. The van der Waals surface area contributed by atoms with Crippen molar-refractivity contribution in [3.63, 3.8) is 0 Å². The number of nitrogens with zero attached hydrogens (tertiary/aromatic N) is 1. The number of rotatable bonds is 2. The Balaban J connectivity index is 2.34. The fourth-order valence-corrected chi connectivity index (χ4v) is 2.23. The van der Waals surface area contributed by atoms with Gasteiger partial charge in [-0.15, -0.1) is 0 Å². The van der Waals surface area contributed by atoms with E-state index in [0.29, 0.717) is 19.8 Å². The van der Waals surface area contributed by atoms with Crippen molar-refractivity contribution in [2.24, 2.45) is 5.84 Å². The molecule has 5 nitrogen and oxygen atoms in total. The predicted molar refractivity (Wildman–Crippen MR) is 70.1 cm³/mol. The van der Waals surface area contributed by atoms with Gasteiger partial charge in [-0.1, -0.05) is 0 Å². The number of amides is 1. The number of hydrogen-bond acceptors (Lipinski definition) is 4. The maximum atomic E-state index is 13.7. The van der Waals surface area contributed by atoms with E-state index in [1.54, 1.807) is 4.90 Å². The molecule has 110 valence electrons. The van der Waals surface area contributed by atoms with Gasteiger partial charge in [-0.2, -0.15) is 0 Å². The summed E-state index contributed by atoms with van der Waals surface area (Å²) in [5, 5.41) is 0. The lowest BCUT2D eigenvalue weighted by Crippen LogP contribution is -2.55. The maximum Gasteiger partial charge on any atom is 0.254 e. The molecule has 1 heterocycles. The molecule has 7 heteroatoms. The lowest BCUT2D eigenvalue weighted by Gasteiger charge is -2.42. The SMILES string of the molecule is CC1(C)COCCN1C(=O)c1cc(F)c(NN)c(F)c1. The zero-order chi connectivity index (χ0) is 14.9. The minimum Gasteiger partial charge on any atom is -0.377 e. The number of carbonyl (C=O) groups is 1. The summed E-state index contributed by atoms with van der Waals surface area (Å²) < 4.78 is 32.6. The zero-order valence-electron chi connectivity index (χ0n) is 11.4. The van der Waals surface area contributed by atoms with Crippen LogP contribution in [-0.4, -0.2) is 36.1 Å². The molecule has 1 aromatic carbocycles. The maximum absolute atomic E-state index is 13.7. The largest absolute Gasteiger partial charge is 0.377 e. The van der Waals surface area contributed by atoms with Crippen LogP contribution in [0.2, 0.25) is 0 Å². The van der Waals surface area contributed by atoms with Gasteiger partial charge in [0.15, 0.2) is 11.6 Å². The molecule has 0 saturated carbocycles. The standard InChI is InChI=1S/C13H17F2N3O2/c1-13(2)7-20-4-3-18(13)12(19)8-5-9(14)11(17-16)10(15)6-8/h5-6,17H,3-4,7,16H2,1-2H3. The van der Waals surface area contributed by atoms with Crippen molar-refractivity contribution >= 4 is 11.6 Å². The van der Waals surface area contributed by atoms with Crippen LogP contribution in [0.1, 0.15) is 24.2 Å². The van der Waals surface area contributed by atoms with Gasteiger partial charge in [0, 0.05) is 12.1 Å². The summed E-state index contributed by atoms with van der Waals surface area (Å²) in [6.45, 7) is 4.85. The van der Waals surface area contributed by atoms with E-state index in [0.717, 1.165) is 12.1 Å². The van der Waals surface area contributed by atoms with Crippen LogP contribution in [0, 0.1) is 11.6 Å². The Morgan fingerprint density at radius 3 is 2.50 bits per heavy atom. The second-order valence-corrected chi connectivity index (χ2v) is 5.28. The van der Waals surface area contributed by atoms with Crippen LogP contribution in [-0.2, 0) is 4.74 Å². The van der Waals surface area contributed by atoms with Gasteiger partial charge in [0.05, 0.1) is 18.8 Å². The number of anilines is 1. The Morgan fingerprint density at radius 1 is 1.40 bits per heavy atom. The highest BCUT2D eigenvalue weighted by Crippen LogP contribution is 2.25. The fourth-order valence-electron chi connectivity index (χ4n) is 2.23. The van der Waals surface area contributed by atoms with E-state index in [1.165, 1.54) is 0 Å². The van der Waals surface area contributed by atoms with Crippen LogP contribution >= 0.6 is 0 Å². The molecule has 1 aliphatic rings. The highest BCUT2D eigenvalue weighted by molar-refractivity contribution is 5.95. The average Bonchev–Trinajstić information content (AvgIpc) is 2.37. The smallest absolute Gasteiger partial charge is 0.254 e. The molecule has 0 unspecified atom stereocenters. The Morgan fingerprint density at radius 2 is 2.00 bits per heavy atom. The van der Waals surface area contributed by atoms with Crippen molar-refractivity contribution in [3.8, 4) is 0 Å². The van der Waals surface area contributed by atoms with Gasteiger partial charge in [0.2, 0.25) is 0 Å². The summed E-state index contributed by atoms with van der Waals surface area (Å²) in [5.41, 5.74) is 0.907. The van der Waals surface area contributed by atoms with Crippen LogP contribution in [0.5, 0.6) is 0 Å². The molecule has 3 N–H and O–H groups in total. The Bertz CT molecular complexity index is 511. The van der Waals surface area contributed by atoms with Gasteiger partial charge >= 0.3 is 0 Å².